The van der Waals surface area contributed by atoms with Crippen LogP contribution in [0, 0.1) is 5.41 Å². The van der Waals surface area contributed by atoms with Crippen LogP contribution in [0.1, 0.15) is 6.92 Å². The van der Waals surface area contributed by atoms with Gasteiger partial charge in [0.2, 0.25) is 0 Å². The molecule has 0 aromatic carbocycles. The normalized spacial score (nSPS) is 11.1. The third kappa shape index (κ3) is 2.70. The minimum absolute atomic E-state index is 0.0811. The molecule has 48 valence electrons. The zero-order chi connectivity index (χ0) is 6.62. The van der Waals surface area contributed by atoms with E-state index in [0.29, 0.717) is 0 Å². The third-order valence-corrected chi connectivity index (χ3v) is 1.28. The van der Waals surface area contributed by atoms with Crippen LogP contribution in [-0.2, 0) is 14.3 Å². The summed E-state index contributed by atoms with van der Waals surface area (Å²) < 4.78 is 24.4. The van der Waals surface area contributed by atoms with Crippen LogP contribution in [-0.4, -0.2) is 20.6 Å². The van der Waals surface area contributed by atoms with Crippen LogP contribution >= 0.6 is 0 Å². The molecule has 0 aromatic heterocycles. The predicted molar refractivity (Wildman–Crippen MR) is 29.3 cm³/mol. The zero-order valence-electron chi connectivity index (χ0n) is 4.42. The summed E-state index contributed by atoms with van der Waals surface area (Å²) in [6, 6.07) is 0. The lowest BCUT2D eigenvalue weighted by Crippen LogP contribution is -2.04. The maximum Gasteiger partial charge on any atom is 0.306 e. The van der Waals surface area contributed by atoms with Gasteiger partial charge in [-0.1, -0.05) is 0 Å². The van der Waals surface area contributed by atoms with E-state index in [1.54, 1.807) is 6.92 Å². The van der Waals surface area contributed by atoms with Crippen molar-refractivity contribution in [3.05, 3.63) is 0 Å². The molecule has 0 heterocycles. The van der Waals surface area contributed by atoms with E-state index >= 15 is 0 Å². The summed E-state index contributed by atoms with van der Waals surface area (Å²) in [4.78, 5) is 0. The maximum absolute atomic E-state index is 10.1. The van der Waals surface area contributed by atoms with Crippen LogP contribution in [0.2, 0.25) is 0 Å². The highest BCUT2D eigenvalue weighted by Gasteiger charge is 2.01. The quantitative estimate of drug-likeness (QED) is 0.337. The Bertz CT molecular complexity index is 159. The summed E-state index contributed by atoms with van der Waals surface area (Å²) in [5.74, 6) is 0. The molecule has 0 spiro atoms. The zero-order valence-corrected chi connectivity index (χ0v) is 5.23. The van der Waals surface area contributed by atoms with E-state index in [0.717, 1.165) is 0 Å². The largest absolute Gasteiger partial charge is 0.306 e. The van der Waals surface area contributed by atoms with Crippen molar-refractivity contribution in [2.45, 2.75) is 6.92 Å². The van der Waals surface area contributed by atoms with E-state index in [1.807, 2.05) is 0 Å². The van der Waals surface area contributed by atoms with E-state index in [1.165, 1.54) is 0 Å². The van der Waals surface area contributed by atoms with Gasteiger partial charge in [-0.05, 0) is 6.92 Å². The van der Waals surface area contributed by atoms with Crippen molar-refractivity contribution in [2.75, 3.05) is 6.61 Å². The second kappa shape index (κ2) is 2.78. The molecule has 0 aromatic rings. The number of rotatable bonds is 3. The lowest BCUT2D eigenvalue weighted by molar-refractivity contribution is 0.348. The molecule has 4 nitrogen and oxygen atoms in total. The van der Waals surface area contributed by atoms with Crippen molar-refractivity contribution in [2.24, 2.45) is 0 Å². The summed E-state index contributed by atoms with van der Waals surface area (Å²) >= 11 is 0. The van der Waals surface area contributed by atoms with Gasteiger partial charge in [-0.3, -0.25) is 9.59 Å². The molecule has 0 unspecified atom stereocenters. The number of hydrogen-bond acceptors (Lipinski definition) is 4. The van der Waals surface area contributed by atoms with Crippen molar-refractivity contribution < 1.29 is 12.6 Å². The monoisotopic (exact) mass is 137 g/mol. The second-order valence-electron chi connectivity index (χ2n) is 1.02. The summed E-state index contributed by atoms with van der Waals surface area (Å²) in [7, 11) is -3.63. The Morgan fingerprint density at radius 2 is 2.25 bits per heavy atom. The van der Waals surface area contributed by atoms with Gasteiger partial charge >= 0.3 is 10.1 Å². The van der Waals surface area contributed by atoms with Gasteiger partial charge < -0.3 is 0 Å². The van der Waals surface area contributed by atoms with Gasteiger partial charge in [-0.2, -0.15) is 8.42 Å². The molecule has 0 aliphatic heterocycles. The van der Waals surface area contributed by atoms with E-state index in [4.69, 9.17) is 5.41 Å². The lowest BCUT2D eigenvalue weighted by Gasteiger charge is -1.91. The van der Waals surface area contributed by atoms with Crippen LogP contribution < -0.4 is 0 Å². The molecule has 0 radical (unpaired) electrons. The van der Waals surface area contributed by atoms with Crippen LogP contribution in [0.4, 0.5) is 0 Å². The van der Waals surface area contributed by atoms with E-state index < -0.39 is 10.1 Å². The average Bonchev–Trinajstić information content (AvgIpc) is 1.67. The molecule has 0 aliphatic carbocycles. The predicted octanol–water partition coefficient (Wildman–Crippen LogP) is -0.0402. The Hall–Kier alpha value is -0.420. The highest BCUT2D eigenvalue weighted by molar-refractivity contribution is 8.00. The smallest absolute Gasteiger partial charge is 0.295 e. The first-order valence-electron chi connectivity index (χ1n) is 2.02. The fourth-order valence-electron chi connectivity index (χ4n) is 0.198. The van der Waals surface area contributed by atoms with Gasteiger partial charge in [0.25, 0.3) is 0 Å². The first kappa shape index (κ1) is 7.58. The van der Waals surface area contributed by atoms with Crippen molar-refractivity contribution in [1.29, 1.82) is 5.41 Å². The highest BCUT2D eigenvalue weighted by atomic mass is 32.2. The van der Waals surface area contributed by atoms with Gasteiger partial charge in [0.05, 0.1) is 6.61 Å². The molecule has 0 fully saturated rings. The molecule has 0 saturated carbocycles. The van der Waals surface area contributed by atoms with Crippen LogP contribution in [0.5, 0.6) is 0 Å². The SMILES string of the molecule is CCOS(=O)(=O)C=N. The van der Waals surface area contributed by atoms with Gasteiger partial charge in [0, 0.05) is 0 Å². The summed E-state index contributed by atoms with van der Waals surface area (Å²) in [5.41, 5.74) is 0.274. The molecular weight excluding hydrogens is 130 g/mol. The molecule has 0 atom stereocenters. The summed E-state index contributed by atoms with van der Waals surface area (Å²) in [5, 5.41) is 6.27. The van der Waals surface area contributed by atoms with E-state index in [-0.39, 0.29) is 12.2 Å². The molecule has 0 bridgehead atoms. The first-order chi connectivity index (χ1) is 3.62. The molecule has 8 heavy (non-hydrogen) atoms. The highest BCUT2D eigenvalue weighted by Crippen LogP contribution is 1.84. The second-order valence-corrected chi connectivity index (χ2v) is 2.47. The molecule has 1 N–H and O–H groups in total. The third-order valence-electron chi connectivity index (χ3n) is 0.426. The number of nitrogens with one attached hydrogen (secondary N) is 1. The minimum Gasteiger partial charge on any atom is -0.295 e. The van der Waals surface area contributed by atoms with Gasteiger partial charge in [-0.15, -0.1) is 0 Å². The fraction of sp³-hybridized carbons (Fsp3) is 0.667. The Morgan fingerprint density at radius 3 is 2.38 bits per heavy atom. The van der Waals surface area contributed by atoms with Crippen molar-refractivity contribution in [3.63, 3.8) is 0 Å². The topological polar surface area (TPSA) is 67.2 Å². The first-order valence-corrected chi connectivity index (χ1v) is 3.49. The van der Waals surface area contributed by atoms with Gasteiger partial charge in [0.15, 0.2) is 0 Å². The van der Waals surface area contributed by atoms with E-state index in [9.17, 15) is 8.42 Å². The lowest BCUT2D eigenvalue weighted by atomic mass is 10.9. The average molecular weight is 137 g/mol. The Morgan fingerprint density at radius 1 is 1.75 bits per heavy atom. The van der Waals surface area contributed by atoms with Crippen LogP contribution in [0.3, 0.4) is 0 Å². The van der Waals surface area contributed by atoms with Crippen LogP contribution in [0.15, 0.2) is 0 Å². The molecule has 0 saturated heterocycles. The summed E-state index contributed by atoms with van der Waals surface area (Å²) in [6.45, 7) is 1.62. The maximum atomic E-state index is 10.1. The van der Waals surface area contributed by atoms with Gasteiger partial charge in [-0.25, -0.2) is 0 Å². The van der Waals surface area contributed by atoms with Crippen molar-refractivity contribution >= 4 is 15.7 Å². The van der Waals surface area contributed by atoms with Crippen molar-refractivity contribution in [3.8, 4) is 0 Å². The standard InChI is InChI=1S/C3H7NO3S/c1-2-7-8(5,6)3-4/h3-4H,2H2,1H3. The van der Waals surface area contributed by atoms with Gasteiger partial charge in [0.1, 0.15) is 5.55 Å². The fourth-order valence-corrected chi connectivity index (χ4v) is 0.595. The van der Waals surface area contributed by atoms with E-state index in [2.05, 4.69) is 4.18 Å². The molecule has 0 amide bonds. The Kier molecular flexibility index (Phi) is 2.64. The van der Waals surface area contributed by atoms with Crippen molar-refractivity contribution in [1.82, 2.24) is 0 Å². The molecule has 5 heteroatoms. The molecule has 0 aliphatic rings. The minimum atomic E-state index is -3.63. The summed E-state index contributed by atoms with van der Waals surface area (Å²) in [6.07, 6.45) is 0. The molecule has 0 rings (SSSR count). The Balaban J connectivity index is 3.95. The molecular formula is C3H7NO3S. The number of hydrogen-bond donors (Lipinski definition) is 1. The van der Waals surface area contributed by atoms with Crippen LogP contribution in [0.25, 0.3) is 0 Å². The Labute approximate surface area is 48.1 Å².